The Labute approximate surface area is 157 Å². The van der Waals surface area contributed by atoms with E-state index < -0.39 is 6.10 Å². The summed E-state index contributed by atoms with van der Waals surface area (Å²) in [5, 5.41) is 5.54. The number of fused-ring (bicyclic) bond motifs is 1. The van der Waals surface area contributed by atoms with E-state index in [2.05, 4.69) is 5.32 Å². The van der Waals surface area contributed by atoms with Gasteiger partial charge in [-0.3, -0.25) is 4.79 Å². The van der Waals surface area contributed by atoms with Crippen LogP contribution in [0.4, 0.5) is 0 Å². The molecule has 3 aromatic carbocycles. The van der Waals surface area contributed by atoms with Crippen LogP contribution in [-0.4, -0.2) is 25.2 Å². The zero-order chi connectivity index (χ0) is 18.4. The highest BCUT2D eigenvalue weighted by molar-refractivity contribution is 6.30. The van der Waals surface area contributed by atoms with Gasteiger partial charge < -0.3 is 14.8 Å². The Kier molecular flexibility index (Phi) is 5.97. The number of benzene rings is 3. The Balaban J connectivity index is 1.49. The predicted molar refractivity (Wildman–Crippen MR) is 104 cm³/mol. The summed E-state index contributed by atoms with van der Waals surface area (Å²) in [7, 11) is 0. The number of halogens is 1. The fourth-order valence-electron chi connectivity index (χ4n) is 2.56. The van der Waals surface area contributed by atoms with E-state index in [0.717, 1.165) is 10.8 Å². The lowest BCUT2D eigenvalue weighted by atomic mass is 10.1. The van der Waals surface area contributed by atoms with E-state index >= 15 is 0 Å². The van der Waals surface area contributed by atoms with E-state index in [1.165, 1.54) is 0 Å². The van der Waals surface area contributed by atoms with Gasteiger partial charge in [0.25, 0.3) is 5.91 Å². The summed E-state index contributed by atoms with van der Waals surface area (Å²) in [5.41, 5.74) is 0. The predicted octanol–water partition coefficient (Wildman–Crippen LogP) is 4.46. The van der Waals surface area contributed by atoms with Gasteiger partial charge in [-0.25, -0.2) is 0 Å². The van der Waals surface area contributed by atoms with E-state index in [0.29, 0.717) is 29.7 Å². The van der Waals surface area contributed by atoms with Crippen molar-refractivity contribution in [1.82, 2.24) is 5.32 Å². The van der Waals surface area contributed by atoms with E-state index in [4.69, 9.17) is 21.1 Å². The van der Waals surface area contributed by atoms with Crippen LogP contribution in [0.2, 0.25) is 5.02 Å². The molecule has 3 aromatic rings. The summed E-state index contributed by atoms with van der Waals surface area (Å²) in [6, 6.07) is 20.8. The van der Waals surface area contributed by atoms with Crippen molar-refractivity contribution in [2.45, 2.75) is 13.0 Å². The second-order valence-electron chi connectivity index (χ2n) is 5.83. The molecule has 0 spiro atoms. The lowest BCUT2D eigenvalue weighted by molar-refractivity contribution is -0.127. The molecular formula is C21H20ClNO3. The molecule has 134 valence electrons. The molecule has 4 nitrogen and oxygen atoms in total. The van der Waals surface area contributed by atoms with Gasteiger partial charge in [0.2, 0.25) is 0 Å². The van der Waals surface area contributed by atoms with Gasteiger partial charge in [0.15, 0.2) is 6.10 Å². The zero-order valence-corrected chi connectivity index (χ0v) is 15.2. The fraction of sp³-hybridized carbons (Fsp3) is 0.190. The molecule has 0 fully saturated rings. The van der Waals surface area contributed by atoms with Gasteiger partial charge in [-0.05, 0) is 42.6 Å². The number of amides is 1. The normalized spacial score (nSPS) is 11.8. The number of hydrogen-bond acceptors (Lipinski definition) is 3. The van der Waals surface area contributed by atoms with Gasteiger partial charge in [-0.1, -0.05) is 48.0 Å². The number of carbonyl (C=O) groups excluding carboxylic acids is 1. The Morgan fingerprint density at radius 2 is 1.77 bits per heavy atom. The van der Waals surface area contributed by atoms with Crippen LogP contribution in [0.1, 0.15) is 6.92 Å². The molecule has 0 saturated heterocycles. The summed E-state index contributed by atoms with van der Waals surface area (Å²) in [6.45, 7) is 2.50. The molecule has 5 heteroatoms. The average molecular weight is 370 g/mol. The van der Waals surface area contributed by atoms with Crippen molar-refractivity contribution >= 4 is 28.3 Å². The quantitative estimate of drug-likeness (QED) is 0.626. The average Bonchev–Trinajstić information content (AvgIpc) is 2.66. The minimum Gasteiger partial charge on any atom is -0.492 e. The third kappa shape index (κ3) is 4.67. The molecular weight excluding hydrogens is 350 g/mol. The van der Waals surface area contributed by atoms with E-state index in [9.17, 15) is 4.79 Å². The van der Waals surface area contributed by atoms with Gasteiger partial charge in [0.1, 0.15) is 18.1 Å². The highest BCUT2D eigenvalue weighted by Crippen LogP contribution is 2.26. The molecule has 1 atom stereocenters. The SMILES string of the molecule is C[C@H](Oc1cccc2ccccc12)C(=O)NCCOc1ccc(Cl)cc1. The van der Waals surface area contributed by atoms with Gasteiger partial charge in [-0.15, -0.1) is 0 Å². The minimum atomic E-state index is -0.601. The molecule has 0 aliphatic heterocycles. The highest BCUT2D eigenvalue weighted by atomic mass is 35.5. The first-order valence-electron chi connectivity index (χ1n) is 8.44. The molecule has 3 rings (SSSR count). The Bertz CT molecular complexity index is 875. The third-order valence-electron chi connectivity index (χ3n) is 3.91. The number of ether oxygens (including phenoxy) is 2. The molecule has 0 heterocycles. The molecule has 0 radical (unpaired) electrons. The van der Waals surface area contributed by atoms with Crippen molar-refractivity contribution < 1.29 is 14.3 Å². The topological polar surface area (TPSA) is 47.6 Å². The zero-order valence-electron chi connectivity index (χ0n) is 14.4. The standard InChI is InChI=1S/C21H20ClNO3/c1-15(26-20-8-4-6-16-5-2-3-7-19(16)20)21(24)23-13-14-25-18-11-9-17(22)10-12-18/h2-12,15H,13-14H2,1H3,(H,23,24)/t15-/m0/s1. The lowest BCUT2D eigenvalue weighted by Gasteiger charge is -2.16. The van der Waals surface area contributed by atoms with Crippen LogP contribution in [0.25, 0.3) is 10.8 Å². The van der Waals surface area contributed by atoms with Crippen LogP contribution >= 0.6 is 11.6 Å². The summed E-state index contributed by atoms with van der Waals surface area (Å²) >= 11 is 5.83. The Hall–Kier alpha value is -2.72. The molecule has 0 aliphatic carbocycles. The summed E-state index contributed by atoms with van der Waals surface area (Å²) in [5.74, 6) is 1.23. The van der Waals surface area contributed by atoms with Crippen LogP contribution in [0.3, 0.4) is 0 Å². The molecule has 0 aromatic heterocycles. The van der Waals surface area contributed by atoms with Crippen LogP contribution in [0, 0.1) is 0 Å². The number of nitrogens with one attached hydrogen (secondary N) is 1. The van der Waals surface area contributed by atoms with E-state index in [-0.39, 0.29) is 5.91 Å². The van der Waals surface area contributed by atoms with Crippen molar-refractivity contribution in [1.29, 1.82) is 0 Å². The van der Waals surface area contributed by atoms with Gasteiger partial charge >= 0.3 is 0 Å². The van der Waals surface area contributed by atoms with Crippen LogP contribution < -0.4 is 14.8 Å². The maximum atomic E-state index is 12.2. The second-order valence-corrected chi connectivity index (χ2v) is 6.27. The van der Waals surface area contributed by atoms with Gasteiger partial charge in [0, 0.05) is 10.4 Å². The molecule has 0 saturated carbocycles. The number of hydrogen-bond donors (Lipinski definition) is 1. The maximum absolute atomic E-state index is 12.2. The molecule has 26 heavy (non-hydrogen) atoms. The van der Waals surface area contributed by atoms with E-state index in [1.807, 2.05) is 42.5 Å². The van der Waals surface area contributed by atoms with E-state index in [1.54, 1.807) is 31.2 Å². The Morgan fingerprint density at radius 3 is 2.58 bits per heavy atom. The minimum absolute atomic E-state index is 0.183. The maximum Gasteiger partial charge on any atom is 0.260 e. The Morgan fingerprint density at radius 1 is 1.04 bits per heavy atom. The first-order chi connectivity index (χ1) is 12.6. The van der Waals surface area contributed by atoms with Crippen LogP contribution in [-0.2, 0) is 4.79 Å². The van der Waals surface area contributed by atoms with Gasteiger partial charge in [0.05, 0.1) is 6.54 Å². The summed E-state index contributed by atoms with van der Waals surface area (Å²) in [6.07, 6.45) is -0.601. The molecule has 1 N–H and O–H groups in total. The third-order valence-corrected chi connectivity index (χ3v) is 4.16. The highest BCUT2D eigenvalue weighted by Gasteiger charge is 2.15. The molecule has 1 amide bonds. The largest absolute Gasteiger partial charge is 0.492 e. The number of carbonyl (C=O) groups is 1. The lowest BCUT2D eigenvalue weighted by Crippen LogP contribution is -2.38. The summed E-state index contributed by atoms with van der Waals surface area (Å²) < 4.78 is 11.4. The van der Waals surface area contributed by atoms with Crippen molar-refractivity contribution in [2.75, 3.05) is 13.2 Å². The van der Waals surface area contributed by atoms with Gasteiger partial charge in [-0.2, -0.15) is 0 Å². The second kappa shape index (κ2) is 8.59. The molecule has 0 unspecified atom stereocenters. The number of rotatable bonds is 7. The van der Waals surface area contributed by atoms with Crippen LogP contribution in [0.5, 0.6) is 11.5 Å². The van der Waals surface area contributed by atoms with Crippen molar-refractivity contribution in [2.24, 2.45) is 0 Å². The fourth-order valence-corrected chi connectivity index (χ4v) is 2.69. The van der Waals surface area contributed by atoms with Crippen molar-refractivity contribution in [3.8, 4) is 11.5 Å². The first-order valence-corrected chi connectivity index (χ1v) is 8.82. The molecule has 0 aliphatic rings. The smallest absolute Gasteiger partial charge is 0.260 e. The monoisotopic (exact) mass is 369 g/mol. The first kappa shape index (κ1) is 18.1. The molecule has 0 bridgehead atoms. The van der Waals surface area contributed by atoms with Crippen molar-refractivity contribution in [3.63, 3.8) is 0 Å². The van der Waals surface area contributed by atoms with Crippen LogP contribution in [0.15, 0.2) is 66.7 Å². The summed E-state index contributed by atoms with van der Waals surface area (Å²) in [4.78, 5) is 12.2. The van der Waals surface area contributed by atoms with Crippen molar-refractivity contribution in [3.05, 3.63) is 71.8 Å².